The Labute approximate surface area is 279 Å². The minimum Gasteiger partial charge on any atom is -0.445 e. The molecule has 2 amide bonds. The summed E-state index contributed by atoms with van der Waals surface area (Å²) in [7, 11) is 0. The van der Waals surface area contributed by atoms with Gasteiger partial charge in [0.25, 0.3) is 5.91 Å². The first-order chi connectivity index (χ1) is 23.5. The van der Waals surface area contributed by atoms with Gasteiger partial charge in [-0.3, -0.25) is 4.79 Å². The number of carbonyl (C=O) groups excluding carboxylic acids is 2. The predicted molar refractivity (Wildman–Crippen MR) is 182 cm³/mol. The molecule has 11 heteroatoms. The Kier molecular flexibility index (Phi) is 8.82. The molecule has 0 spiro atoms. The number of fused-ring (bicyclic) bond motifs is 1. The van der Waals surface area contributed by atoms with Crippen molar-refractivity contribution in [2.75, 3.05) is 18.8 Å². The molecule has 244 valence electrons. The smallest absolute Gasteiger partial charge is 0.410 e. The summed E-state index contributed by atoms with van der Waals surface area (Å²) in [5, 5.41) is 7.96. The molecular formula is C37H38N8O3. The van der Waals surface area contributed by atoms with Gasteiger partial charge in [0.2, 0.25) is 5.82 Å². The summed E-state index contributed by atoms with van der Waals surface area (Å²) < 4.78 is 7.45. The highest BCUT2D eigenvalue weighted by atomic mass is 16.6. The van der Waals surface area contributed by atoms with Crippen molar-refractivity contribution in [3.8, 4) is 22.8 Å². The normalized spacial score (nSPS) is 17.1. The lowest BCUT2D eigenvalue weighted by Crippen LogP contribution is -2.40. The van der Waals surface area contributed by atoms with E-state index in [0.29, 0.717) is 42.4 Å². The van der Waals surface area contributed by atoms with Crippen LogP contribution in [-0.4, -0.2) is 54.7 Å². The highest BCUT2D eigenvalue weighted by Crippen LogP contribution is 2.32. The van der Waals surface area contributed by atoms with Crippen molar-refractivity contribution in [3.63, 3.8) is 0 Å². The molecule has 1 fully saturated rings. The molecule has 2 aliphatic rings. The topological polar surface area (TPSA) is 141 Å². The van der Waals surface area contributed by atoms with Gasteiger partial charge in [0.05, 0.1) is 17.9 Å². The van der Waals surface area contributed by atoms with Crippen molar-refractivity contribution in [2.24, 2.45) is 0 Å². The van der Waals surface area contributed by atoms with Crippen LogP contribution in [0.25, 0.3) is 22.8 Å². The third kappa shape index (κ3) is 6.48. The summed E-state index contributed by atoms with van der Waals surface area (Å²) >= 11 is 0. The Morgan fingerprint density at radius 1 is 1.00 bits per heavy atom. The lowest BCUT2D eigenvalue weighted by molar-refractivity contribution is 0.0849. The van der Waals surface area contributed by atoms with Crippen molar-refractivity contribution in [1.82, 2.24) is 34.9 Å². The van der Waals surface area contributed by atoms with Crippen molar-refractivity contribution in [2.45, 2.75) is 57.7 Å². The van der Waals surface area contributed by atoms with Gasteiger partial charge in [0.1, 0.15) is 12.4 Å². The van der Waals surface area contributed by atoms with Crippen LogP contribution in [-0.2, 0) is 24.3 Å². The first-order valence-corrected chi connectivity index (χ1v) is 16.5. The number of anilines is 1. The van der Waals surface area contributed by atoms with Gasteiger partial charge in [-0.15, -0.1) is 5.10 Å². The van der Waals surface area contributed by atoms with Crippen LogP contribution < -0.4 is 11.1 Å². The third-order valence-electron chi connectivity index (χ3n) is 9.12. The van der Waals surface area contributed by atoms with E-state index in [0.717, 1.165) is 42.6 Å². The van der Waals surface area contributed by atoms with Crippen LogP contribution in [0.3, 0.4) is 0 Å². The molecule has 0 radical (unpaired) electrons. The van der Waals surface area contributed by atoms with E-state index in [9.17, 15) is 9.59 Å². The molecule has 2 atom stereocenters. The van der Waals surface area contributed by atoms with E-state index in [1.54, 1.807) is 17.2 Å². The van der Waals surface area contributed by atoms with Crippen LogP contribution >= 0.6 is 0 Å². The Balaban J connectivity index is 1.08. The third-order valence-corrected chi connectivity index (χ3v) is 9.12. The van der Waals surface area contributed by atoms with Crippen LogP contribution in [0.15, 0.2) is 85.1 Å². The van der Waals surface area contributed by atoms with Crippen LogP contribution in [0.5, 0.6) is 0 Å². The zero-order valence-corrected chi connectivity index (χ0v) is 26.9. The van der Waals surface area contributed by atoms with Crippen LogP contribution in [0, 0.1) is 0 Å². The SMILES string of the molecule is CCn1nc(-c2nc(-c3cccc(C(=O)N[C@H]4CCc5ccccc54)c3)cnc2N)nc1[C@@H]1CCCN(C(=O)OCc2ccccc2)C1. The quantitative estimate of drug-likeness (QED) is 0.212. The van der Waals surface area contributed by atoms with Gasteiger partial charge in [-0.1, -0.05) is 66.7 Å². The van der Waals surface area contributed by atoms with Crippen LogP contribution in [0.2, 0.25) is 0 Å². The van der Waals surface area contributed by atoms with Gasteiger partial charge in [0.15, 0.2) is 11.5 Å². The lowest BCUT2D eigenvalue weighted by atomic mass is 9.97. The summed E-state index contributed by atoms with van der Waals surface area (Å²) in [6.07, 6.45) is 4.79. The molecule has 3 heterocycles. The predicted octanol–water partition coefficient (Wildman–Crippen LogP) is 5.94. The molecule has 0 bridgehead atoms. The van der Waals surface area contributed by atoms with Gasteiger partial charge in [0, 0.05) is 36.7 Å². The Morgan fingerprint density at radius 2 is 1.83 bits per heavy atom. The number of nitrogen functional groups attached to an aromatic ring is 1. The fraction of sp³-hybridized carbons (Fsp3) is 0.297. The molecule has 0 unspecified atom stereocenters. The summed E-state index contributed by atoms with van der Waals surface area (Å²) in [6, 6.07) is 25.2. The van der Waals surface area contributed by atoms with E-state index < -0.39 is 0 Å². The van der Waals surface area contributed by atoms with Crippen molar-refractivity contribution >= 4 is 17.8 Å². The number of hydrogen-bond acceptors (Lipinski definition) is 8. The average Bonchev–Trinajstić information content (AvgIpc) is 3.76. The summed E-state index contributed by atoms with van der Waals surface area (Å²) in [6.45, 7) is 3.93. The average molecular weight is 643 g/mol. The largest absolute Gasteiger partial charge is 0.445 e. The number of carbonyl (C=O) groups is 2. The number of nitrogens with one attached hydrogen (secondary N) is 1. The number of aromatic nitrogens is 5. The summed E-state index contributed by atoms with van der Waals surface area (Å²) in [4.78, 5) is 42.2. The molecule has 1 aliphatic heterocycles. The van der Waals surface area contributed by atoms with Crippen LogP contribution in [0.4, 0.5) is 10.6 Å². The van der Waals surface area contributed by atoms with Crippen molar-refractivity contribution < 1.29 is 14.3 Å². The Hall–Kier alpha value is -5.58. The molecule has 1 saturated heterocycles. The van der Waals surface area contributed by atoms with E-state index in [1.807, 2.05) is 72.3 Å². The van der Waals surface area contributed by atoms with E-state index in [1.165, 1.54) is 11.1 Å². The number of ether oxygens (including phenoxy) is 1. The van der Waals surface area contributed by atoms with Crippen molar-refractivity contribution in [1.29, 1.82) is 0 Å². The molecule has 3 N–H and O–H groups in total. The zero-order valence-electron chi connectivity index (χ0n) is 26.9. The summed E-state index contributed by atoms with van der Waals surface area (Å²) in [5.41, 5.74) is 11.9. The van der Waals surface area contributed by atoms with E-state index in [2.05, 4.69) is 22.4 Å². The maximum absolute atomic E-state index is 13.3. The van der Waals surface area contributed by atoms with E-state index in [4.69, 9.17) is 25.5 Å². The monoisotopic (exact) mass is 642 g/mol. The number of aryl methyl sites for hydroxylation is 2. The van der Waals surface area contributed by atoms with Gasteiger partial charge < -0.3 is 20.7 Å². The first kappa shape index (κ1) is 31.0. The number of piperidine rings is 1. The first-order valence-electron chi connectivity index (χ1n) is 16.5. The fourth-order valence-corrected chi connectivity index (χ4v) is 6.62. The lowest BCUT2D eigenvalue weighted by Gasteiger charge is -2.31. The maximum Gasteiger partial charge on any atom is 0.410 e. The van der Waals surface area contributed by atoms with E-state index >= 15 is 0 Å². The molecule has 3 aromatic carbocycles. The minimum atomic E-state index is -0.335. The number of amides is 2. The van der Waals surface area contributed by atoms with E-state index in [-0.39, 0.29) is 36.4 Å². The Bertz CT molecular complexity index is 1940. The number of likely N-dealkylation sites (tertiary alicyclic amines) is 1. The number of rotatable bonds is 8. The van der Waals surface area contributed by atoms with Crippen molar-refractivity contribution in [3.05, 3.63) is 113 Å². The zero-order chi connectivity index (χ0) is 33.0. The second-order valence-electron chi connectivity index (χ2n) is 12.3. The molecule has 7 rings (SSSR count). The molecule has 1 aliphatic carbocycles. The molecule has 0 saturated carbocycles. The highest BCUT2D eigenvalue weighted by molar-refractivity contribution is 5.95. The number of nitrogens with two attached hydrogens (primary N) is 1. The number of benzene rings is 3. The number of hydrogen-bond donors (Lipinski definition) is 2. The minimum absolute atomic E-state index is 0.00889. The van der Waals surface area contributed by atoms with Gasteiger partial charge in [-0.25, -0.2) is 24.4 Å². The molecule has 2 aromatic heterocycles. The highest BCUT2D eigenvalue weighted by Gasteiger charge is 2.30. The maximum atomic E-state index is 13.3. The second-order valence-corrected chi connectivity index (χ2v) is 12.3. The second kappa shape index (κ2) is 13.6. The molecular weight excluding hydrogens is 604 g/mol. The molecule has 48 heavy (non-hydrogen) atoms. The number of nitrogens with zero attached hydrogens (tertiary/aromatic N) is 6. The van der Waals surface area contributed by atoms with Gasteiger partial charge in [-0.05, 0) is 61.4 Å². The van der Waals surface area contributed by atoms with Gasteiger partial charge >= 0.3 is 6.09 Å². The van der Waals surface area contributed by atoms with Crippen LogP contribution in [0.1, 0.15) is 71.0 Å². The molecule has 11 nitrogen and oxygen atoms in total. The molecule has 5 aromatic rings. The Morgan fingerprint density at radius 3 is 2.69 bits per heavy atom. The van der Waals surface area contributed by atoms with Gasteiger partial charge in [-0.2, -0.15) is 0 Å². The summed E-state index contributed by atoms with van der Waals surface area (Å²) in [5.74, 6) is 1.19. The fourth-order valence-electron chi connectivity index (χ4n) is 6.62. The standard InChI is InChI=1S/C37H38N8O3/c1-2-45-35(28-15-9-19-44(22-28)37(47)48-23-24-10-4-3-5-11-24)42-34(43-45)32-33(38)39-21-31(40-32)26-13-8-14-27(20-26)36(46)41-30-18-17-25-12-6-7-16-29(25)30/h3-8,10-14,16,20-21,28,30H,2,9,15,17-19,22-23H2,1H3,(H2,38,39)(H,41,46)/t28-,30+/m1/s1.